The summed E-state index contributed by atoms with van der Waals surface area (Å²) in [5.74, 6) is -0.233. The Balaban J connectivity index is 1.74. The number of nitrogens with zero attached hydrogens (tertiary/aromatic N) is 1. The van der Waals surface area contributed by atoms with Crippen molar-refractivity contribution in [3.8, 4) is 0 Å². The van der Waals surface area contributed by atoms with Crippen LogP contribution in [-0.4, -0.2) is 10.8 Å². The van der Waals surface area contributed by atoms with E-state index in [9.17, 15) is 9.18 Å². The number of anilines is 1. The van der Waals surface area contributed by atoms with Crippen molar-refractivity contribution < 1.29 is 13.6 Å². The number of rotatable bonds is 4. The maximum atomic E-state index is 14.1. The molecule has 124 valence electrons. The van der Waals surface area contributed by atoms with Crippen LogP contribution in [0.4, 0.5) is 10.1 Å². The molecule has 4 nitrogen and oxygen atoms in total. The van der Waals surface area contributed by atoms with Crippen LogP contribution < -0.4 is 5.73 Å². The van der Waals surface area contributed by atoms with Gasteiger partial charge in [0.05, 0.1) is 21.4 Å². The van der Waals surface area contributed by atoms with E-state index < -0.39 is 0 Å². The van der Waals surface area contributed by atoms with Crippen molar-refractivity contribution in [2.75, 3.05) is 5.73 Å². The van der Waals surface area contributed by atoms with Gasteiger partial charge in [0.1, 0.15) is 5.82 Å². The first kappa shape index (κ1) is 15.5. The van der Waals surface area contributed by atoms with Crippen LogP contribution in [0.25, 0.3) is 10.2 Å². The fourth-order valence-corrected chi connectivity index (χ4v) is 3.75. The van der Waals surface area contributed by atoms with Crippen LogP contribution in [-0.2, 0) is 6.42 Å². The minimum atomic E-state index is -0.339. The Labute approximate surface area is 146 Å². The third-order valence-corrected chi connectivity index (χ3v) is 5.12. The number of benzene rings is 1. The topological polar surface area (TPSA) is 69.1 Å². The van der Waals surface area contributed by atoms with Crippen LogP contribution in [0.5, 0.6) is 0 Å². The molecule has 0 amide bonds. The highest BCUT2D eigenvalue weighted by molar-refractivity contribution is 7.21. The second-order valence-electron chi connectivity index (χ2n) is 5.63. The van der Waals surface area contributed by atoms with Gasteiger partial charge in [0.15, 0.2) is 5.76 Å². The lowest BCUT2D eigenvalue weighted by Crippen LogP contribution is -1.95. The number of halogens is 1. The number of carbonyl (C=O) groups is 1. The summed E-state index contributed by atoms with van der Waals surface area (Å²) in [6.07, 6.45) is 3.54. The number of carbonyl (C=O) groups excluding carboxylic acids is 1. The summed E-state index contributed by atoms with van der Waals surface area (Å²) < 4.78 is 20.1. The van der Waals surface area contributed by atoms with Crippen molar-refractivity contribution in [1.29, 1.82) is 0 Å². The summed E-state index contributed by atoms with van der Waals surface area (Å²) in [6, 6.07) is 11.6. The minimum absolute atomic E-state index is 0.183. The molecule has 3 aromatic heterocycles. The summed E-state index contributed by atoms with van der Waals surface area (Å²) in [7, 11) is 0. The number of nitrogens with two attached hydrogens (primary N) is 1. The molecule has 3 heterocycles. The molecule has 0 radical (unpaired) electrons. The molecule has 25 heavy (non-hydrogen) atoms. The van der Waals surface area contributed by atoms with Gasteiger partial charge < -0.3 is 10.2 Å². The Morgan fingerprint density at radius 3 is 2.84 bits per heavy atom. The molecule has 0 saturated heterocycles. The van der Waals surface area contributed by atoms with Gasteiger partial charge in [0.25, 0.3) is 0 Å². The summed E-state index contributed by atoms with van der Waals surface area (Å²) >= 11 is 1.34. The van der Waals surface area contributed by atoms with E-state index in [2.05, 4.69) is 4.98 Å². The number of ketones is 1. The molecule has 4 rings (SSSR count). The normalized spacial score (nSPS) is 11.1. The van der Waals surface area contributed by atoms with E-state index >= 15 is 0 Å². The maximum Gasteiger partial charge on any atom is 0.238 e. The number of fused-ring (bicyclic) bond motifs is 1. The van der Waals surface area contributed by atoms with Crippen molar-refractivity contribution >= 4 is 33.0 Å². The van der Waals surface area contributed by atoms with Gasteiger partial charge in [-0.2, -0.15) is 0 Å². The number of hydrogen-bond acceptors (Lipinski definition) is 5. The first-order chi connectivity index (χ1) is 12.1. The molecule has 1 aromatic carbocycles. The fourth-order valence-electron chi connectivity index (χ4n) is 2.68. The Bertz CT molecular complexity index is 1070. The van der Waals surface area contributed by atoms with Crippen LogP contribution in [0.2, 0.25) is 0 Å². The molecule has 0 aliphatic carbocycles. The summed E-state index contributed by atoms with van der Waals surface area (Å²) in [5.41, 5.74) is 8.17. The number of aromatic nitrogens is 1. The zero-order chi connectivity index (χ0) is 17.4. The van der Waals surface area contributed by atoms with Gasteiger partial charge in [-0.05, 0) is 47.5 Å². The lowest BCUT2D eigenvalue weighted by Gasteiger charge is -2.05. The van der Waals surface area contributed by atoms with Crippen LogP contribution >= 0.6 is 11.3 Å². The van der Waals surface area contributed by atoms with Crippen LogP contribution in [0.1, 0.15) is 26.6 Å². The zero-order valence-electron chi connectivity index (χ0n) is 13.0. The van der Waals surface area contributed by atoms with Gasteiger partial charge in [-0.1, -0.05) is 6.07 Å². The second kappa shape index (κ2) is 6.14. The number of hydrogen-bond donors (Lipinski definition) is 1. The lowest BCUT2D eigenvalue weighted by atomic mass is 10.0. The predicted molar refractivity (Wildman–Crippen MR) is 95.4 cm³/mol. The molecular weight excluding hydrogens is 339 g/mol. The third kappa shape index (κ3) is 2.92. The van der Waals surface area contributed by atoms with Crippen LogP contribution in [0.3, 0.4) is 0 Å². The SMILES string of the molecule is Nc1ccc(Cc2ccnc3cc(C(=O)c4ccco4)sc23)c(F)c1. The molecule has 0 aliphatic rings. The number of thiophene rings is 1. The van der Waals surface area contributed by atoms with E-state index in [0.29, 0.717) is 28.1 Å². The number of pyridine rings is 1. The monoisotopic (exact) mass is 352 g/mol. The Morgan fingerprint density at radius 2 is 2.08 bits per heavy atom. The summed E-state index contributed by atoms with van der Waals surface area (Å²) in [6.45, 7) is 0. The zero-order valence-corrected chi connectivity index (χ0v) is 13.8. The van der Waals surface area contributed by atoms with Crippen molar-refractivity contribution in [2.45, 2.75) is 6.42 Å². The maximum absolute atomic E-state index is 14.1. The van der Waals surface area contributed by atoms with Gasteiger partial charge in [-0.3, -0.25) is 9.78 Å². The Morgan fingerprint density at radius 1 is 1.20 bits per heavy atom. The highest BCUT2D eigenvalue weighted by atomic mass is 32.1. The van der Waals surface area contributed by atoms with Gasteiger partial charge in [-0.25, -0.2) is 4.39 Å². The second-order valence-corrected chi connectivity index (χ2v) is 6.68. The Kier molecular flexibility index (Phi) is 3.82. The number of nitrogen functional groups attached to an aromatic ring is 1. The van der Waals surface area contributed by atoms with E-state index in [0.717, 1.165) is 10.3 Å². The fraction of sp³-hybridized carbons (Fsp3) is 0.0526. The molecule has 6 heteroatoms. The smallest absolute Gasteiger partial charge is 0.238 e. The molecule has 0 bridgehead atoms. The highest BCUT2D eigenvalue weighted by Crippen LogP contribution is 2.30. The van der Waals surface area contributed by atoms with Crippen molar-refractivity contribution in [1.82, 2.24) is 4.98 Å². The summed E-state index contributed by atoms with van der Waals surface area (Å²) in [5, 5.41) is 0. The average molecular weight is 352 g/mol. The third-order valence-electron chi connectivity index (χ3n) is 3.92. The van der Waals surface area contributed by atoms with Gasteiger partial charge >= 0.3 is 0 Å². The highest BCUT2D eigenvalue weighted by Gasteiger charge is 2.17. The number of furan rings is 1. The lowest BCUT2D eigenvalue weighted by molar-refractivity contribution is 0.101. The van der Waals surface area contributed by atoms with Crippen molar-refractivity contribution in [3.63, 3.8) is 0 Å². The minimum Gasteiger partial charge on any atom is -0.461 e. The van der Waals surface area contributed by atoms with Crippen molar-refractivity contribution in [2.24, 2.45) is 0 Å². The molecule has 2 N–H and O–H groups in total. The van der Waals surface area contributed by atoms with Gasteiger partial charge in [0, 0.05) is 18.3 Å². The molecule has 0 saturated carbocycles. The van der Waals surface area contributed by atoms with E-state index in [1.807, 2.05) is 6.07 Å². The van der Waals surface area contributed by atoms with E-state index in [-0.39, 0.29) is 17.4 Å². The molecule has 0 unspecified atom stereocenters. The molecule has 0 aliphatic heterocycles. The molecule has 0 fully saturated rings. The molecule has 4 aromatic rings. The average Bonchev–Trinajstić information content (AvgIpc) is 3.26. The van der Waals surface area contributed by atoms with Gasteiger partial charge in [0.2, 0.25) is 5.78 Å². The standard InChI is InChI=1S/C19H13FN2O2S/c20-14-9-13(21)4-3-11(14)8-12-5-6-22-15-10-17(25-19(12)15)18(23)16-2-1-7-24-16/h1-7,9-10H,8,21H2. The Hall–Kier alpha value is -2.99. The van der Waals surface area contributed by atoms with E-state index in [1.165, 1.54) is 23.7 Å². The molecular formula is C19H13FN2O2S. The van der Waals surface area contributed by atoms with E-state index in [1.54, 1.807) is 36.5 Å². The first-order valence-corrected chi connectivity index (χ1v) is 8.43. The van der Waals surface area contributed by atoms with Gasteiger partial charge in [-0.15, -0.1) is 11.3 Å². The quantitative estimate of drug-likeness (QED) is 0.436. The summed E-state index contributed by atoms with van der Waals surface area (Å²) in [4.78, 5) is 17.3. The largest absolute Gasteiger partial charge is 0.461 e. The van der Waals surface area contributed by atoms with Crippen LogP contribution in [0.15, 0.2) is 59.3 Å². The van der Waals surface area contributed by atoms with Crippen LogP contribution in [0, 0.1) is 5.82 Å². The first-order valence-electron chi connectivity index (χ1n) is 7.61. The molecule has 0 spiro atoms. The van der Waals surface area contributed by atoms with Crippen molar-refractivity contribution in [3.05, 3.63) is 82.5 Å². The predicted octanol–water partition coefficient (Wildman–Crippen LogP) is 4.43. The van der Waals surface area contributed by atoms with E-state index in [4.69, 9.17) is 10.2 Å². The molecule has 0 atom stereocenters.